The van der Waals surface area contributed by atoms with Crippen LogP contribution in [0.1, 0.15) is 28.9 Å². The van der Waals surface area contributed by atoms with Gasteiger partial charge in [-0.1, -0.05) is 0 Å². The van der Waals surface area contributed by atoms with E-state index in [1.165, 1.54) is 0 Å². The first-order valence-electron chi connectivity index (χ1n) is 5.30. The minimum atomic E-state index is -0.356. The molecule has 0 radical (unpaired) electrons. The molecule has 0 aliphatic carbocycles. The minimum absolute atomic E-state index is 0.0444. The molecule has 2 heterocycles. The van der Waals surface area contributed by atoms with Gasteiger partial charge in [0.15, 0.2) is 5.78 Å². The first-order valence-corrected chi connectivity index (χ1v) is 5.30. The number of benzene rings is 1. The lowest BCUT2D eigenvalue weighted by atomic mass is 10.0. The van der Waals surface area contributed by atoms with Crippen LogP contribution in [0.5, 0.6) is 5.75 Å². The highest BCUT2D eigenvalue weighted by atomic mass is 16.7. The molecule has 0 spiro atoms. The summed E-state index contributed by atoms with van der Waals surface area (Å²) in [5, 5.41) is 0. The SMILES string of the molecule is CC(=O)c1ccc2c(c1)[C@@H]1OCCO[C@@H]1O2. The second-order valence-corrected chi connectivity index (χ2v) is 3.96. The van der Waals surface area contributed by atoms with Gasteiger partial charge in [0.05, 0.1) is 13.2 Å². The Bertz CT molecular complexity index is 441. The van der Waals surface area contributed by atoms with E-state index < -0.39 is 0 Å². The molecule has 0 unspecified atom stereocenters. The molecule has 0 amide bonds. The number of Topliss-reactive ketones (excluding diaryl/α,β-unsaturated/α-hetero) is 1. The summed E-state index contributed by atoms with van der Waals surface area (Å²) in [6.45, 7) is 2.66. The number of carbonyl (C=O) groups is 1. The van der Waals surface area contributed by atoms with Crippen LogP contribution in [0.3, 0.4) is 0 Å². The van der Waals surface area contributed by atoms with Crippen molar-refractivity contribution in [1.29, 1.82) is 0 Å². The predicted molar refractivity (Wildman–Crippen MR) is 55.5 cm³/mol. The predicted octanol–water partition coefficient (Wildman–Crippen LogP) is 1.70. The second kappa shape index (κ2) is 3.57. The molecule has 4 nitrogen and oxygen atoms in total. The molecule has 1 aromatic rings. The summed E-state index contributed by atoms with van der Waals surface area (Å²) in [6.07, 6.45) is -0.547. The highest BCUT2D eigenvalue weighted by Gasteiger charge is 2.38. The Hall–Kier alpha value is -1.39. The quantitative estimate of drug-likeness (QED) is 0.676. The van der Waals surface area contributed by atoms with Crippen molar-refractivity contribution in [1.82, 2.24) is 0 Å². The molecular weight excluding hydrogens is 208 g/mol. The Balaban J connectivity index is 2.00. The summed E-state index contributed by atoms with van der Waals surface area (Å²) in [5.74, 6) is 0.796. The summed E-state index contributed by atoms with van der Waals surface area (Å²) in [4.78, 5) is 11.3. The maximum Gasteiger partial charge on any atom is 0.230 e. The van der Waals surface area contributed by atoms with Crippen LogP contribution < -0.4 is 4.74 Å². The van der Waals surface area contributed by atoms with Crippen molar-refractivity contribution in [2.45, 2.75) is 19.3 Å². The molecular formula is C12H12O4. The molecule has 2 atom stereocenters. The number of hydrogen-bond donors (Lipinski definition) is 0. The van der Waals surface area contributed by atoms with Crippen LogP contribution in [0.4, 0.5) is 0 Å². The number of hydrogen-bond acceptors (Lipinski definition) is 4. The lowest BCUT2D eigenvalue weighted by Gasteiger charge is -2.24. The van der Waals surface area contributed by atoms with Crippen molar-refractivity contribution >= 4 is 5.78 Å². The van der Waals surface area contributed by atoms with Gasteiger partial charge in [-0.25, -0.2) is 0 Å². The molecule has 4 heteroatoms. The van der Waals surface area contributed by atoms with Gasteiger partial charge in [-0.05, 0) is 25.1 Å². The number of ether oxygens (including phenoxy) is 3. The molecule has 0 bridgehead atoms. The Morgan fingerprint density at radius 3 is 2.94 bits per heavy atom. The summed E-state index contributed by atoms with van der Waals surface area (Å²) in [5.41, 5.74) is 1.59. The van der Waals surface area contributed by atoms with E-state index in [-0.39, 0.29) is 18.2 Å². The third-order valence-electron chi connectivity index (χ3n) is 2.88. The number of fused-ring (bicyclic) bond motifs is 3. The minimum Gasteiger partial charge on any atom is -0.461 e. The van der Waals surface area contributed by atoms with Gasteiger partial charge in [0, 0.05) is 11.1 Å². The van der Waals surface area contributed by atoms with Crippen molar-refractivity contribution in [3.05, 3.63) is 29.3 Å². The highest BCUT2D eigenvalue weighted by molar-refractivity contribution is 5.94. The zero-order valence-electron chi connectivity index (χ0n) is 8.93. The first-order chi connectivity index (χ1) is 7.75. The number of carbonyl (C=O) groups excluding carboxylic acids is 1. The van der Waals surface area contributed by atoms with Crippen LogP contribution in [0.15, 0.2) is 18.2 Å². The third kappa shape index (κ3) is 1.42. The maximum atomic E-state index is 11.3. The molecule has 2 aliphatic rings. The average molecular weight is 220 g/mol. The normalized spacial score (nSPS) is 26.8. The van der Waals surface area contributed by atoms with Crippen molar-refractivity contribution in [3.8, 4) is 5.75 Å². The van der Waals surface area contributed by atoms with Crippen LogP contribution in [0.2, 0.25) is 0 Å². The van der Waals surface area contributed by atoms with Gasteiger partial charge < -0.3 is 14.2 Å². The third-order valence-corrected chi connectivity index (χ3v) is 2.88. The number of rotatable bonds is 1. The Morgan fingerprint density at radius 1 is 1.31 bits per heavy atom. The monoisotopic (exact) mass is 220 g/mol. The first kappa shape index (κ1) is 9.81. The van der Waals surface area contributed by atoms with Gasteiger partial charge in [0.2, 0.25) is 6.29 Å². The smallest absolute Gasteiger partial charge is 0.230 e. The lowest BCUT2D eigenvalue weighted by Crippen LogP contribution is -2.31. The average Bonchev–Trinajstić information content (AvgIpc) is 2.66. The van der Waals surface area contributed by atoms with Gasteiger partial charge >= 0.3 is 0 Å². The lowest BCUT2D eigenvalue weighted by molar-refractivity contribution is -0.200. The van der Waals surface area contributed by atoms with E-state index in [0.717, 1.165) is 11.3 Å². The molecule has 1 fully saturated rings. The van der Waals surface area contributed by atoms with Crippen LogP contribution in [0, 0.1) is 0 Å². The zero-order chi connectivity index (χ0) is 11.1. The summed E-state index contributed by atoms with van der Waals surface area (Å²) in [7, 11) is 0. The molecule has 0 aromatic heterocycles. The van der Waals surface area contributed by atoms with E-state index in [0.29, 0.717) is 18.8 Å². The van der Waals surface area contributed by atoms with E-state index >= 15 is 0 Å². The summed E-state index contributed by atoms with van der Waals surface area (Å²) >= 11 is 0. The molecule has 3 rings (SSSR count). The van der Waals surface area contributed by atoms with E-state index in [1.54, 1.807) is 19.1 Å². The van der Waals surface area contributed by atoms with Gasteiger partial charge in [-0.3, -0.25) is 4.79 Å². The van der Waals surface area contributed by atoms with Crippen molar-refractivity contribution < 1.29 is 19.0 Å². The molecule has 1 aromatic carbocycles. The molecule has 0 saturated carbocycles. The van der Waals surface area contributed by atoms with Gasteiger partial charge in [-0.2, -0.15) is 0 Å². The molecule has 0 N–H and O–H groups in total. The van der Waals surface area contributed by atoms with Crippen molar-refractivity contribution in [2.24, 2.45) is 0 Å². The standard InChI is InChI=1S/C12H12O4/c1-7(13)8-2-3-10-9(6-8)11-12(16-10)15-5-4-14-11/h2-3,6,11-12H,4-5H2,1H3/t11-,12+/m0/s1. The fourth-order valence-electron chi connectivity index (χ4n) is 2.06. The van der Waals surface area contributed by atoms with Crippen LogP contribution >= 0.6 is 0 Å². The largest absolute Gasteiger partial charge is 0.461 e. The van der Waals surface area contributed by atoms with E-state index in [2.05, 4.69) is 0 Å². The van der Waals surface area contributed by atoms with Crippen LogP contribution in [-0.4, -0.2) is 25.3 Å². The second-order valence-electron chi connectivity index (χ2n) is 3.96. The van der Waals surface area contributed by atoms with Gasteiger partial charge in [0.25, 0.3) is 0 Å². The van der Waals surface area contributed by atoms with E-state index in [1.807, 2.05) is 6.07 Å². The fraction of sp³-hybridized carbons (Fsp3) is 0.417. The summed E-state index contributed by atoms with van der Waals surface area (Å²) in [6, 6.07) is 5.40. The van der Waals surface area contributed by atoms with Crippen molar-refractivity contribution in [2.75, 3.05) is 13.2 Å². The van der Waals surface area contributed by atoms with E-state index in [4.69, 9.17) is 14.2 Å². The Morgan fingerprint density at radius 2 is 2.12 bits per heavy atom. The van der Waals surface area contributed by atoms with Crippen LogP contribution in [-0.2, 0) is 9.47 Å². The summed E-state index contributed by atoms with van der Waals surface area (Å²) < 4.78 is 16.6. The van der Waals surface area contributed by atoms with Gasteiger partial charge in [0.1, 0.15) is 11.9 Å². The maximum absolute atomic E-state index is 11.3. The van der Waals surface area contributed by atoms with Crippen molar-refractivity contribution in [3.63, 3.8) is 0 Å². The van der Waals surface area contributed by atoms with Crippen LogP contribution in [0.25, 0.3) is 0 Å². The zero-order valence-corrected chi connectivity index (χ0v) is 8.93. The fourth-order valence-corrected chi connectivity index (χ4v) is 2.06. The van der Waals surface area contributed by atoms with E-state index in [9.17, 15) is 4.79 Å². The molecule has 16 heavy (non-hydrogen) atoms. The highest BCUT2D eigenvalue weighted by Crippen LogP contribution is 2.41. The number of ketones is 1. The Labute approximate surface area is 93.1 Å². The molecule has 84 valence electrons. The topological polar surface area (TPSA) is 44.8 Å². The van der Waals surface area contributed by atoms with Gasteiger partial charge in [-0.15, -0.1) is 0 Å². The Kier molecular flexibility index (Phi) is 2.19. The molecule has 1 saturated heterocycles. The molecule has 2 aliphatic heterocycles.